The van der Waals surface area contributed by atoms with Crippen LogP contribution in [0.3, 0.4) is 0 Å². The Kier molecular flexibility index (Phi) is 3.81. The highest BCUT2D eigenvalue weighted by Gasteiger charge is 2.49. The van der Waals surface area contributed by atoms with Crippen LogP contribution >= 0.6 is 11.6 Å². The Labute approximate surface area is 111 Å². The normalized spacial score (nSPS) is 41.1. The van der Waals surface area contributed by atoms with Crippen LogP contribution in [0.1, 0.15) is 66.2 Å². The van der Waals surface area contributed by atoms with Crippen molar-refractivity contribution in [3.8, 4) is 0 Å². The summed E-state index contributed by atoms with van der Waals surface area (Å²) in [5, 5.41) is 0.391. The molecule has 0 aromatic carbocycles. The van der Waals surface area contributed by atoms with Crippen LogP contribution < -0.4 is 0 Å². The molecule has 0 radical (unpaired) electrons. The van der Waals surface area contributed by atoms with Gasteiger partial charge in [-0.3, -0.25) is 0 Å². The van der Waals surface area contributed by atoms with Gasteiger partial charge >= 0.3 is 0 Å². The van der Waals surface area contributed by atoms with E-state index in [2.05, 4.69) is 27.7 Å². The molecular weight excluding hydrogens is 232 g/mol. The molecule has 0 aromatic rings. The van der Waals surface area contributed by atoms with Crippen LogP contribution in [-0.4, -0.2) is 16.6 Å². The smallest absolute Gasteiger partial charge is 0.0665 e. The van der Waals surface area contributed by atoms with E-state index in [0.717, 1.165) is 5.92 Å². The third-order valence-electron chi connectivity index (χ3n) is 4.61. The molecular formula is C15H27ClO. The summed E-state index contributed by atoms with van der Waals surface area (Å²) in [4.78, 5) is 0. The Morgan fingerprint density at radius 3 is 2.29 bits per heavy atom. The third-order valence-corrected chi connectivity index (χ3v) is 5.01. The van der Waals surface area contributed by atoms with E-state index in [1.54, 1.807) is 0 Å². The monoisotopic (exact) mass is 258 g/mol. The van der Waals surface area contributed by atoms with Crippen LogP contribution in [0.5, 0.6) is 0 Å². The Balaban J connectivity index is 2.10. The van der Waals surface area contributed by atoms with Gasteiger partial charge in [0.15, 0.2) is 0 Å². The van der Waals surface area contributed by atoms with E-state index in [9.17, 15) is 0 Å². The van der Waals surface area contributed by atoms with Crippen molar-refractivity contribution in [2.24, 2.45) is 11.8 Å². The first-order valence-electron chi connectivity index (χ1n) is 7.14. The van der Waals surface area contributed by atoms with E-state index in [1.165, 1.54) is 38.5 Å². The van der Waals surface area contributed by atoms with Crippen LogP contribution in [0.15, 0.2) is 0 Å². The molecule has 1 nitrogen and oxygen atoms in total. The summed E-state index contributed by atoms with van der Waals surface area (Å²) in [5.41, 5.74) is 0.0669. The second kappa shape index (κ2) is 4.74. The lowest BCUT2D eigenvalue weighted by atomic mass is 9.74. The van der Waals surface area contributed by atoms with Gasteiger partial charge in [0, 0.05) is 5.38 Å². The maximum atomic E-state index is 6.42. The zero-order valence-electron chi connectivity index (χ0n) is 11.8. The summed E-state index contributed by atoms with van der Waals surface area (Å²) in [6.45, 7) is 8.98. The van der Waals surface area contributed by atoms with Crippen LogP contribution in [-0.2, 0) is 4.74 Å². The lowest BCUT2D eigenvalue weighted by molar-refractivity contribution is -0.0805. The first-order chi connectivity index (χ1) is 7.80. The first kappa shape index (κ1) is 13.7. The second-order valence-electron chi connectivity index (χ2n) is 7.15. The van der Waals surface area contributed by atoms with E-state index in [-0.39, 0.29) is 11.2 Å². The van der Waals surface area contributed by atoms with Gasteiger partial charge in [-0.15, -0.1) is 11.6 Å². The molecule has 0 amide bonds. The molecule has 2 fully saturated rings. The summed E-state index contributed by atoms with van der Waals surface area (Å²) in [6, 6.07) is 0. The maximum Gasteiger partial charge on any atom is 0.0665 e. The van der Waals surface area contributed by atoms with Crippen molar-refractivity contribution in [2.75, 3.05) is 0 Å². The summed E-state index contributed by atoms with van der Waals surface area (Å²) in [6.07, 6.45) is 7.58. The minimum absolute atomic E-state index is 0.0229. The average molecular weight is 259 g/mol. The van der Waals surface area contributed by atoms with Gasteiger partial charge in [0.2, 0.25) is 0 Å². The molecule has 100 valence electrons. The lowest BCUT2D eigenvalue weighted by Gasteiger charge is -2.33. The highest BCUT2D eigenvalue weighted by molar-refractivity contribution is 6.20. The minimum Gasteiger partial charge on any atom is -0.369 e. The quantitative estimate of drug-likeness (QED) is 0.486. The molecule has 1 aliphatic heterocycles. The molecule has 0 aromatic heterocycles. The number of hydrogen-bond acceptors (Lipinski definition) is 1. The summed E-state index contributed by atoms with van der Waals surface area (Å²) in [5.74, 6) is 1.44. The fourth-order valence-electron chi connectivity index (χ4n) is 4.04. The average Bonchev–Trinajstić information content (AvgIpc) is 2.36. The number of alkyl halides is 1. The molecule has 2 rings (SSSR count). The molecule has 0 N–H and O–H groups in total. The molecule has 3 unspecified atom stereocenters. The first-order valence-corrected chi connectivity index (χ1v) is 7.58. The van der Waals surface area contributed by atoms with Gasteiger partial charge in [-0.25, -0.2) is 0 Å². The fourth-order valence-corrected chi connectivity index (χ4v) is 4.42. The molecule has 1 heterocycles. The molecule has 3 atom stereocenters. The second-order valence-corrected chi connectivity index (χ2v) is 7.77. The topological polar surface area (TPSA) is 9.23 Å². The molecule has 2 aliphatic rings. The molecule has 2 heteroatoms. The highest BCUT2D eigenvalue weighted by atomic mass is 35.5. The van der Waals surface area contributed by atoms with Crippen molar-refractivity contribution in [1.29, 1.82) is 0 Å². The molecule has 17 heavy (non-hydrogen) atoms. The van der Waals surface area contributed by atoms with Crippen molar-refractivity contribution in [2.45, 2.75) is 82.8 Å². The van der Waals surface area contributed by atoms with Crippen molar-refractivity contribution in [3.63, 3.8) is 0 Å². The SMILES string of the molecule is CC1(C)CC(C2CCCCC(Cl)C2)C(C)(C)O1. The third kappa shape index (κ3) is 3.17. The maximum absolute atomic E-state index is 6.42. The Bertz CT molecular complexity index is 272. The number of halogens is 1. The highest BCUT2D eigenvalue weighted by Crippen LogP contribution is 2.49. The van der Waals surface area contributed by atoms with Gasteiger partial charge < -0.3 is 4.74 Å². The molecule has 0 spiro atoms. The predicted molar refractivity (Wildman–Crippen MR) is 73.6 cm³/mol. The zero-order valence-corrected chi connectivity index (χ0v) is 12.5. The van der Waals surface area contributed by atoms with Crippen LogP contribution in [0.4, 0.5) is 0 Å². The van der Waals surface area contributed by atoms with E-state index >= 15 is 0 Å². The van der Waals surface area contributed by atoms with Gasteiger partial charge in [0.05, 0.1) is 11.2 Å². The van der Waals surface area contributed by atoms with Gasteiger partial charge in [0.25, 0.3) is 0 Å². The van der Waals surface area contributed by atoms with Crippen molar-refractivity contribution in [3.05, 3.63) is 0 Å². The van der Waals surface area contributed by atoms with Crippen LogP contribution in [0, 0.1) is 11.8 Å². The Morgan fingerprint density at radius 2 is 1.71 bits per heavy atom. The lowest BCUT2D eigenvalue weighted by Crippen LogP contribution is -2.34. The van der Waals surface area contributed by atoms with E-state index < -0.39 is 0 Å². The van der Waals surface area contributed by atoms with Crippen LogP contribution in [0.25, 0.3) is 0 Å². The minimum atomic E-state index is 0.0229. The van der Waals surface area contributed by atoms with Crippen molar-refractivity contribution in [1.82, 2.24) is 0 Å². The van der Waals surface area contributed by atoms with Crippen molar-refractivity contribution < 1.29 is 4.74 Å². The Hall–Kier alpha value is 0.250. The molecule has 1 saturated heterocycles. The molecule has 1 aliphatic carbocycles. The van der Waals surface area contributed by atoms with Gasteiger partial charge in [0.1, 0.15) is 0 Å². The van der Waals surface area contributed by atoms with E-state index in [0.29, 0.717) is 11.3 Å². The van der Waals surface area contributed by atoms with Gasteiger partial charge in [-0.1, -0.05) is 19.3 Å². The molecule has 0 bridgehead atoms. The van der Waals surface area contributed by atoms with Crippen LogP contribution in [0.2, 0.25) is 0 Å². The Morgan fingerprint density at radius 1 is 1.06 bits per heavy atom. The number of ether oxygens (including phenoxy) is 1. The van der Waals surface area contributed by atoms with Gasteiger partial charge in [-0.2, -0.15) is 0 Å². The number of rotatable bonds is 1. The number of hydrogen-bond donors (Lipinski definition) is 0. The fraction of sp³-hybridized carbons (Fsp3) is 1.00. The zero-order chi connectivity index (χ0) is 12.7. The summed E-state index contributed by atoms with van der Waals surface area (Å²) in [7, 11) is 0. The largest absolute Gasteiger partial charge is 0.369 e. The van der Waals surface area contributed by atoms with E-state index in [1.807, 2.05) is 0 Å². The summed E-state index contributed by atoms with van der Waals surface area (Å²) < 4.78 is 6.23. The summed E-state index contributed by atoms with van der Waals surface area (Å²) >= 11 is 6.42. The standard InChI is InChI=1S/C15H27ClO/c1-14(2)10-13(15(3,4)17-14)11-7-5-6-8-12(16)9-11/h11-13H,5-10H2,1-4H3. The van der Waals surface area contributed by atoms with E-state index in [4.69, 9.17) is 16.3 Å². The predicted octanol–water partition coefficient (Wildman–Crippen LogP) is 4.77. The van der Waals surface area contributed by atoms with Gasteiger partial charge in [-0.05, 0) is 58.8 Å². The molecule has 1 saturated carbocycles. The van der Waals surface area contributed by atoms with Crippen molar-refractivity contribution >= 4 is 11.6 Å².